The third-order valence-corrected chi connectivity index (χ3v) is 10.3. The van der Waals surface area contributed by atoms with Gasteiger partial charge >= 0.3 is 0 Å². The summed E-state index contributed by atoms with van der Waals surface area (Å²) in [6, 6.07) is 35.2. The van der Waals surface area contributed by atoms with Crippen molar-refractivity contribution in [3.05, 3.63) is 120 Å². The minimum absolute atomic E-state index is 0.0739. The van der Waals surface area contributed by atoms with E-state index < -0.39 is 5.25 Å². The Hall–Kier alpha value is -4.45. The number of hydrogen-bond acceptors (Lipinski definition) is 8. The van der Waals surface area contributed by atoms with E-state index >= 15 is 0 Å². The zero-order valence-corrected chi connectivity index (χ0v) is 27.0. The number of nitrogens with zero attached hydrogens (tertiary/aromatic N) is 4. The summed E-state index contributed by atoms with van der Waals surface area (Å²) in [5.41, 5.74) is 4.53. The van der Waals surface area contributed by atoms with Crippen LogP contribution in [0.1, 0.15) is 24.1 Å². The lowest BCUT2D eigenvalue weighted by atomic mass is 9.99. The fourth-order valence-electron chi connectivity index (χ4n) is 4.73. The van der Waals surface area contributed by atoms with Crippen molar-refractivity contribution >= 4 is 62.6 Å². The molecule has 0 aliphatic heterocycles. The van der Waals surface area contributed by atoms with Crippen LogP contribution in [0.2, 0.25) is 0 Å². The largest absolute Gasteiger partial charge is 0.344 e. The number of hydrogen-bond donors (Lipinski definition) is 2. The lowest BCUT2D eigenvalue weighted by Crippen LogP contribution is -2.30. The van der Waals surface area contributed by atoms with Gasteiger partial charge in [0.15, 0.2) is 15.3 Å². The third kappa shape index (κ3) is 7.44. The van der Waals surface area contributed by atoms with Crippen molar-refractivity contribution in [1.82, 2.24) is 25.1 Å². The second-order valence-electron chi connectivity index (χ2n) is 10.3. The monoisotopic (exact) mass is 650 g/mol. The van der Waals surface area contributed by atoms with Crippen molar-refractivity contribution in [2.75, 3.05) is 11.1 Å². The topological polar surface area (TPSA) is 102 Å². The average molecular weight is 651 g/mol. The Morgan fingerprint density at radius 2 is 1.51 bits per heavy atom. The first-order valence-electron chi connectivity index (χ1n) is 14.3. The van der Waals surface area contributed by atoms with Crippen LogP contribution in [0, 0.1) is 0 Å². The molecule has 8 nitrogen and oxygen atoms in total. The van der Waals surface area contributed by atoms with Gasteiger partial charge in [0.05, 0.1) is 27.3 Å². The van der Waals surface area contributed by atoms with Crippen LogP contribution in [0.25, 0.3) is 21.6 Å². The predicted octanol–water partition coefficient (Wildman–Crippen LogP) is 7.21. The minimum Gasteiger partial charge on any atom is -0.344 e. The van der Waals surface area contributed by atoms with Crippen LogP contribution in [-0.4, -0.2) is 42.6 Å². The number of carbonyl (C=O) groups is 2. The van der Waals surface area contributed by atoms with Crippen molar-refractivity contribution < 1.29 is 9.59 Å². The van der Waals surface area contributed by atoms with Gasteiger partial charge in [-0.15, -0.1) is 21.5 Å². The molecule has 0 spiro atoms. The maximum absolute atomic E-state index is 13.1. The van der Waals surface area contributed by atoms with Gasteiger partial charge in [-0.2, -0.15) is 0 Å². The number of benzene rings is 4. The summed E-state index contributed by atoms with van der Waals surface area (Å²) in [7, 11) is 1.90. The molecule has 0 fully saturated rings. The van der Waals surface area contributed by atoms with Crippen LogP contribution >= 0.6 is 34.9 Å². The summed E-state index contributed by atoms with van der Waals surface area (Å²) in [4.78, 5) is 30.8. The molecule has 2 N–H and O–H groups in total. The number of fused-ring (bicyclic) bond motifs is 1. The van der Waals surface area contributed by atoms with Crippen LogP contribution in [-0.2, 0) is 16.6 Å². The molecular formula is C34H30N6O2S3. The quantitative estimate of drug-likeness (QED) is 0.143. The van der Waals surface area contributed by atoms with Gasteiger partial charge in [0, 0.05) is 18.3 Å². The lowest BCUT2D eigenvalue weighted by molar-refractivity contribution is -0.119. The van der Waals surface area contributed by atoms with E-state index in [1.807, 2.05) is 128 Å². The van der Waals surface area contributed by atoms with E-state index in [1.54, 1.807) is 0 Å². The molecule has 226 valence electrons. The van der Waals surface area contributed by atoms with Crippen LogP contribution in [0.3, 0.4) is 0 Å². The first-order valence-corrected chi connectivity index (χ1v) is 17.0. The van der Waals surface area contributed by atoms with Gasteiger partial charge < -0.3 is 15.2 Å². The van der Waals surface area contributed by atoms with E-state index in [0.717, 1.165) is 37.1 Å². The average Bonchev–Trinajstić information content (AvgIpc) is 3.66. The zero-order chi connectivity index (χ0) is 31.2. The molecule has 0 saturated heterocycles. The number of amides is 2. The molecule has 0 bridgehead atoms. The Labute approximate surface area is 273 Å². The molecule has 2 heterocycles. The minimum atomic E-state index is -0.395. The summed E-state index contributed by atoms with van der Waals surface area (Å²) >= 11 is 4.26. The molecule has 4 aromatic carbocycles. The molecule has 0 radical (unpaired) electrons. The van der Waals surface area contributed by atoms with Gasteiger partial charge in [-0.1, -0.05) is 115 Å². The molecule has 0 unspecified atom stereocenters. The fraction of sp³-hybridized carbons (Fsp3) is 0.147. The number of carbonyl (C=O) groups excluding carboxylic acids is 2. The number of nitrogens with one attached hydrogen (secondary N) is 2. The van der Waals surface area contributed by atoms with Gasteiger partial charge in [0.25, 0.3) is 0 Å². The Balaban J connectivity index is 1.06. The number of thiazole rings is 1. The molecule has 1 atom stereocenters. The van der Waals surface area contributed by atoms with Gasteiger partial charge in [-0.25, -0.2) is 4.98 Å². The van der Waals surface area contributed by atoms with Gasteiger partial charge in [-0.05, 0) is 36.2 Å². The highest BCUT2D eigenvalue weighted by atomic mass is 32.2. The standard InChI is InChI=1S/C34H30N6O2S3/c1-22(44-33-39-38-31(40(33)2)25-16-10-5-11-17-25)32(42)35-26-18-19-27-28(20-26)45-34(36-27)43-21-29(41)37-30(23-12-6-3-7-13-23)24-14-8-4-9-15-24/h3-20,22,30H,21H2,1-2H3,(H,35,42)(H,37,41)/t22-/m1/s1. The van der Waals surface area contributed by atoms with E-state index in [0.29, 0.717) is 10.8 Å². The zero-order valence-electron chi connectivity index (χ0n) is 24.6. The number of thioether (sulfide) groups is 2. The normalized spacial score (nSPS) is 11.9. The first kappa shape index (κ1) is 30.6. The lowest BCUT2D eigenvalue weighted by Gasteiger charge is -2.19. The van der Waals surface area contributed by atoms with Gasteiger partial charge in [-0.3, -0.25) is 9.59 Å². The predicted molar refractivity (Wildman–Crippen MR) is 184 cm³/mol. The van der Waals surface area contributed by atoms with E-state index in [9.17, 15) is 9.59 Å². The van der Waals surface area contributed by atoms with Crippen LogP contribution in [0.4, 0.5) is 5.69 Å². The summed E-state index contributed by atoms with van der Waals surface area (Å²) in [5.74, 6) is 0.781. The Kier molecular flexibility index (Phi) is 9.58. The first-order chi connectivity index (χ1) is 21.9. The van der Waals surface area contributed by atoms with Crippen molar-refractivity contribution in [1.29, 1.82) is 0 Å². The summed E-state index contributed by atoms with van der Waals surface area (Å²) < 4.78 is 3.62. The molecule has 2 aromatic heterocycles. The van der Waals surface area contributed by atoms with E-state index in [2.05, 4.69) is 20.8 Å². The number of rotatable bonds is 11. The summed E-state index contributed by atoms with van der Waals surface area (Å²) in [5, 5.41) is 15.1. The molecule has 2 amide bonds. The molecular weight excluding hydrogens is 621 g/mol. The van der Waals surface area contributed by atoms with Crippen molar-refractivity contribution in [2.45, 2.75) is 27.7 Å². The SMILES string of the molecule is C[C@@H](Sc1nnc(-c2ccccc2)n1C)C(=O)Nc1ccc2nc(SCC(=O)NC(c3ccccc3)c3ccccc3)sc2c1. The van der Waals surface area contributed by atoms with Crippen LogP contribution in [0.5, 0.6) is 0 Å². The van der Waals surface area contributed by atoms with E-state index in [-0.39, 0.29) is 23.6 Å². The molecule has 0 aliphatic rings. The highest BCUT2D eigenvalue weighted by Gasteiger charge is 2.21. The number of anilines is 1. The maximum atomic E-state index is 13.1. The second-order valence-corrected chi connectivity index (χ2v) is 13.8. The molecule has 6 rings (SSSR count). The van der Waals surface area contributed by atoms with Crippen LogP contribution in [0.15, 0.2) is 119 Å². The highest BCUT2D eigenvalue weighted by molar-refractivity contribution is 8.01. The smallest absolute Gasteiger partial charge is 0.237 e. The molecule has 6 aromatic rings. The van der Waals surface area contributed by atoms with Crippen molar-refractivity contribution in [3.63, 3.8) is 0 Å². The van der Waals surface area contributed by atoms with Gasteiger partial charge in [0.2, 0.25) is 11.8 Å². The van der Waals surface area contributed by atoms with Crippen LogP contribution < -0.4 is 10.6 Å². The van der Waals surface area contributed by atoms with E-state index in [1.165, 1.54) is 34.9 Å². The molecule has 0 saturated carbocycles. The third-order valence-electron chi connectivity index (χ3n) is 7.05. The fourth-order valence-corrected chi connectivity index (χ4v) is 7.47. The Bertz CT molecular complexity index is 1870. The summed E-state index contributed by atoms with van der Waals surface area (Å²) in [6.45, 7) is 1.85. The molecule has 45 heavy (non-hydrogen) atoms. The van der Waals surface area contributed by atoms with E-state index in [4.69, 9.17) is 4.98 Å². The van der Waals surface area contributed by atoms with Crippen molar-refractivity contribution in [3.8, 4) is 11.4 Å². The Morgan fingerprint density at radius 3 is 2.18 bits per heavy atom. The molecule has 11 heteroatoms. The summed E-state index contributed by atoms with van der Waals surface area (Å²) in [6.07, 6.45) is 0. The van der Waals surface area contributed by atoms with Gasteiger partial charge in [0.1, 0.15) is 0 Å². The Morgan fingerprint density at radius 1 is 0.867 bits per heavy atom. The maximum Gasteiger partial charge on any atom is 0.237 e. The highest BCUT2D eigenvalue weighted by Crippen LogP contribution is 2.32. The molecule has 0 aliphatic carbocycles. The second kappa shape index (κ2) is 14.1. The number of aromatic nitrogens is 4. The van der Waals surface area contributed by atoms with Crippen molar-refractivity contribution in [2.24, 2.45) is 7.05 Å².